The fourth-order valence-electron chi connectivity index (χ4n) is 2.13. The van der Waals surface area contributed by atoms with Crippen LogP contribution in [0.25, 0.3) is 0 Å². The highest BCUT2D eigenvalue weighted by atomic mass is 16.5. The summed E-state index contributed by atoms with van der Waals surface area (Å²) in [5, 5.41) is 11.7. The third-order valence-electron chi connectivity index (χ3n) is 3.44. The van der Waals surface area contributed by atoms with Crippen LogP contribution in [0.1, 0.15) is 36.5 Å². The summed E-state index contributed by atoms with van der Waals surface area (Å²) in [5.74, 6) is -0.264. The first kappa shape index (κ1) is 17.5. The number of carboxylic acid groups (broad SMARTS) is 1. The molecule has 1 unspecified atom stereocenters. The van der Waals surface area contributed by atoms with Crippen LogP contribution < -0.4 is 10.1 Å². The number of carbonyl (C=O) groups excluding carboxylic acids is 1. The van der Waals surface area contributed by atoms with Crippen LogP contribution in [0, 0.1) is 0 Å². The summed E-state index contributed by atoms with van der Waals surface area (Å²) in [4.78, 5) is 27.3. The van der Waals surface area contributed by atoms with Crippen molar-refractivity contribution in [2.75, 3.05) is 0 Å². The standard InChI is InChI=1S/C18H20N2O4/c1-2-3-6-16(18(22)23)20-17(21)13-7-9-14(10-8-13)24-15-5-4-11-19-12-15/h4-5,7-12,16H,2-3,6H2,1H3,(H,20,21)(H,22,23). The number of carbonyl (C=O) groups is 2. The number of hydrogen-bond donors (Lipinski definition) is 2. The first-order valence-electron chi connectivity index (χ1n) is 7.81. The van der Waals surface area contributed by atoms with Gasteiger partial charge in [0.1, 0.15) is 17.5 Å². The molecule has 6 heteroatoms. The van der Waals surface area contributed by atoms with Gasteiger partial charge >= 0.3 is 5.97 Å². The summed E-state index contributed by atoms with van der Waals surface area (Å²) < 4.78 is 5.60. The van der Waals surface area contributed by atoms with Crippen LogP contribution in [0.5, 0.6) is 11.5 Å². The van der Waals surface area contributed by atoms with E-state index < -0.39 is 17.9 Å². The van der Waals surface area contributed by atoms with Crippen LogP contribution in [0.2, 0.25) is 0 Å². The third-order valence-corrected chi connectivity index (χ3v) is 3.44. The van der Waals surface area contributed by atoms with Gasteiger partial charge in [0.05, 0.1) is 6.20 Å². The fraction of sp³-hybridized carbons (Fsp3) is 0.278. The van der Waals surface area contributed by atoms with Gasteiger partial charge in [0.2, 0.25) is 0 Å². The van der Waals surface area contributed by atoms with Crippen molar-refractivity contribution >= 4 is 11.9 Å². The largest absolute Gasteiger partial charge is 0.480 e. The molecule has 6 nitrogen and oxygen atoms in total. The van der Waals surface area contributed by atoms with E-state index in [9.17, 15) is 9.59 Å². The maximum absolute atomic E-state index is 12.2. The summed E-state index contributed by atoms with van der Waals surface area (Å²) >= 11 is 0. The van der Waals surface area contributed by atoms with Crippen molar-refractivity contribution in [3.8, 4) is 11.5 Å². The number of unbranched alkanes of at least 4 members (excludes halogenated alkanes) is 1. The Morgan fingerprint density at radius 1 is 1.21 bits per heavy atom. The van der Waals surface area contributed by atoms with E-state index in [1.807, 2.05) is 6.92 Å². The molecule has 0 aliphatic carbocycles. The van der Waals surface area contributed by atoms with Gasteiger partial charge in [-0.25, -0.2) is 4.79 Å². The smallest absolute Gasteiger partial charge is 0.326 e. The summed E-state index contributed by atoms with van der Waals surface area (Å²) in [6.07, 6.45) is 5.28. The number of hydrogen-bond acceptors (Lipinski definition) is 4. The molecule has 0 bridgehead atoms. The molecule has 0 aliphatic rings. The van der Waals surface area contributed by atoms with Crippen LogP contribution in [0.15, 0.2) is 48.8 Å². The normalized spacial score (nSPS) is 11.5. The number of amides is 1. The van der Waals surface area contributed by atoms with Crippen molar-refractivity contribution in [2.24, 2.45) is 0 Å². The molecule has 2 rings (SSSR count). The van der Waals surface area contributed by atoms with Crippen LogP contribution in [-0.4, -0.2) is 28.0 Å². The molecule has 126 valence electrons. The third kappa shape index (κ3) is 5.08. The number of pyridine rings is 1. The maximum Gasteiger partial charge on any atom is 0.326 e. The quantitative estimate of drug-likeness (QED) is 0.776. The van der Waals surface area contributed by atoms with Gasteiger partial charge in [-0.1, -0.05) is 19.8 Å². The monoisotopic (exact) mass is 328 g/mol. The molecule has 0 fully saturated rings. The molecular formula is C18H20N2O4. The molecule has 0 saturated heterocycles. The van der Waals surface area contributed by atoms with Crippen molar-refractivity contribution in [1.29, 1.82) is 0 Å². The Bertz CT molecular complexity index is 671. The van der Waals surface area contributed by atoms with Gasteiger partial charge in [0, 0.05) is 11.8 Å². The van der Waals surface area contributed by atoms with Crippen molar-refractivity contribution in [3.05, 3.63) is 54.4 Å². The van der Waals surface area contributed by atoms with E-state index in [4.69, 9.17) is 9.84 Å². The average Bonchev–Trinajstić information content (AvgIpc) is 2.59. The molecule has 0 saturated carbocycles. The van der Waals surface area contributed by atoms with Crippen LogP contribution in [0.3, 0.4) is 0 Å². The summed E-state index contributed by atoms with van der Waals surface area (Å²) in [5.41, 5.74) is 0.385. The minimum atomic E-state index is -1.02. The molecule has 0 radical (unpaired) electrons. The van der Waals surface area contributed by atoms with Gasteiger partial charge in [-0.2, -0.15) is 0 Å². The molecule has 2 N–H and O–H groups in total. The molecular weight excluding hydrogens is 308 g/mol. The Kier molecular flexibility index (Phi) is 6.31. The minimum absolute atomic E-state index is 0.385. The van der Waals surface area contributed by atoms with E-state index in [0.29, 0.717) is 23.5 Å². The topological polar surface area (TPSA) is 88.5 Å². The van der Waals surface area contributed by atoms with Crippen molar-refractivity contribution in [2.45, 2.75) is 32.2 Å². The highest BCUT2D eigenvalue weighted by Gasteiger charge is 2.19. The van der Waals surface area contributed by atoms with Crippen molar-refractivity contribution < 1.29 is 19.4 Å². The number of aliphatic carboxylic acids is 1. The van der Waals surface area contributed by atoms with Gasteiger partial charge < -0.3 is 15.2 Å². The van der Waals surface area contributed by atoms with Gasteiger partial charge in [-0.15, -0.1) is 0 Å². The lowest BCUT2D eigenvalue weighted by Gasteiger charge is -2.14. The van der Waals surface area contributed by atoms with Crippen LogP contribution in [-0.2, 0) is 4.79 Å². The number of carboxylic acids is 1. The molecule has 0 aliphatic heterocycles. The molecule has 1 aromatic heterocycles. The first-order chi connectivity index (χ1) is 11.6. The number of nitrogens with one attached hydrogen (secondary N) is 1. The lowest BCUT2D eigenvalue weighted by molar-refractivity contribution is -0.139. The molecule has 1 atom stereocenters. The Morgan fingerprint density at radius 2 is 1.96 bits per heavy atom. The van der Waals surface area contributed by atoms with Crippen molar-refractivity contribution in [3.63, 3.8) is 0 Å². The number of rotatable bonds is 8. The van der Waals surface area contributed by atoms with Crippen LogP contribution in [0.4, 0.5) is 0 Å². The average molecular weight is 328 g/mol. The lowest BCUT2D eigenvalue weighted by Crippen LogP contribution is -2.40. The zero-order chi connectivity index (χ0) is 17.4. The van der Waals surface area contributed by atoms with E-state index in [1.165, 1.54) is 0 Å². The second-order valence-corrected chi connectivity index (χ2v) is 5.32. The Labute approximate surface area is 140 Å². The van der Waals surface area contributed by atoms with E-state index in [2.05, 4.69) is 10.3 Å². The number of nitrogens with zero attached hydrogens (tertiary/aromatic N) is 1. The van der Waals surface area contributed by atoms with Gasteiger partial charge in [-0.05, 0) is 42.8 Å². The predicted octanol–water partition coefficient (Wildman–Crippen LogP) is 3.25. The molecule has 2 aromatic rings. The van der Waals surface area contributed by atoms with E-state index >= 15 is 0 Å². The molecule has 1 heterocycles. The fourth-order valence-corrected chi connectivity index (χ4v) is 2.13. The number of ether oxygens (including phenoxy) is 1. The summed E-state index contributed by atoms with van der Waals surface area (Å²) in [7, 11) is 0. The number of aromatic nitrogens is 1. The highest BCUT2D eigenvalue weighted by Crippen LogP contribution is 2.20. The Hall–Kier alpha value is -2.89. The second-order valence-electron chi connectivity index (χ2n) is 5.32. The zero-order valence-corrected chi connectivity index (χ0v) is 13.4. The minimum Gasteiger partial charge on any atom is -0.480 e. The van der Waals surface area contributed by atoms with Gasteiger partial charge in [0.15, 0.2) is 0 Å². The zero-order valence-electron chi connectivity index (χ0n) is 13.4. The second kappa shape index (κ2) is 8.67. The SMILES string of the molecule is CCCCC(NC(=O)c1ccc(Oc2cccnc2)cc1)C(=O)O. The van der Waals surface area contributed by atoms with E-state index in [0.717, 1.165) is 12.8 Å². The first-order valence-corrected chi connectivity index (χ1v) is 7.81. The van der Waals surface area contributed by atoms with E-state index in [-0.39, 0.29) is 0 Å². The van der Waals surface area contributed by atoms with Gasteiger partial charge in [-0.3, -0.25) is 9.78 Å². The van der Waals surface area contributed by atoms with Gasteiger partial charge in [0.25, 0.3) is 5.91 Å². The lowest BCUT2D eigenvalue weighted by atomic mass is 10.1. The Balaban J connectivity index is 1.98. The summed E-state index contributed by atoms with van der Waals surface area (Å²) in [6.45, 7) is 1.97. The summed E-state index contributed by atoms with van der Waals surface area (Å²) in [6, 6.07) is 9.18. The molecule has 0 spiro atoms. The molecule has 24 heavy (non-hydrogen) atoms. The maximum atomic E-state index is 12.2. The molecule has 1 amide bonds. The Morgan fingerprint density at radius 3 is 2.54 bits per heavy atom. The highest BCUT2D eigenvalue weighted by molar-refractivity contribution is 5.96. The molecule has 1 aromatic carbocycles. The van der Waals surface area contributed by atoms with E-state index in [1.54, 1.807) is 48.8 Å². The number of benzene rings is 1. The van der Waals surface area contributed by atoms with Crippen LogP contribution >= 0.6 is 0 Å². The predicted molar refractivity (Wildman–Crippen MR) is 89.2 cm³/mol. The van der Waals surface area contributed by atoms with Crippen molar-refractivity contribution in [1.82, 2.24) is 10.3 Å².